The number of aliphatic hydroxyl groups is 3. The average Bonchev–Trinajstić information content (AvgIpc) is 2.71. The maximum atomic E-state index is 12.8. The van der Waals surface area contributed by atoms with E-state index in [0.29, 0.717) is 5.56 Å². The summed E-state index contributed by atoms with van der Waals surface area (Å²) in [6.07, 6.45) is -5.21. The standard InChI is InChI=1S/C23H26O10/c1-4-5-16(28)33-23-20(30)19(29)15(9-24)32-22(23)18-13(26)6-10(2)17-14(27)8-12(7-11(3)25)31-21(17)18/h4-6,8,15,19-20,22-24,26,29-30H,7,9H2,1-3H3/b5-4-/t15-,19-,20+,22+,23-/m1/s1. The Bertz CT molecular complexity index is 1150. The molecule has 10 nitrogen and oxygen atoms in total. The van der Waals surface area contributed by atoms with Gasteiger partial charge in [-0.1, -0.05) is 6.08 Å². The molecule has 2 heterocycles. The van der Waals surface area contributed by atoms with E-state index < -0.39 is 48.5 Å². The number of carbonyl (C=O) groups is 2. The van der Waals surface area contributed by atoms with Gasteiger partial charge in [0.2, 0.25) is 0 Å². The Morgan fingerprint density at radius 1 is 1.21 bits per heavy atom. The first kappa shape index (κ1) is 24.6. The Kier molecular flexibility index (Phi) is 7.33. The van der Waals surface area contributed by atoms with Crippen LogP contribution in [0.1, 0.15) is 36.8 Å². The number of aliphatic hydroxyl groups excluding tert-OH is 3. The van der Waals surface area contributed by atoms with E-state index in [1.807, 2.05) is 0 Å². The number of aromatic hydroxyl groups is 1. The van der Waals surface area contributed by atoms with E-state index in [4.69, 9.17) is 13.9 Å². The lowest BCUT2D eigenvalue weighted by Crippen LogP contribution is -2.56. The number of fused-ring (bicyclic) bond motifs is 1. The predicted octanol–water partition coefficient (Wildman–Crippen LogP) is 0.580. The molecule has 4 N–H and O–H groups in total. The van der Waals surface area contributed by atoms with Gasteiger partial charge in [-0.05, 0) is 32.4 Å². The molecule has 0 saturated carbocycles. The number of hydrogen-bond acceptors (Lipinski definition) is 10. The lowest BCUT2D eigenvalue weighted by Gasteiger charge is -2.42. The van der Waals surface area contributed by atoms with Crippen molar-refractivity contribution in [3.05, 3.63) is 51.4 Å². The van der Waals surface area contributed by atoms with Gasteiger partial charge in [0.05, 0.1) is 24.0 Å². The van der Waals surface area contributed by atoms with Gasteiger partial charge in [0.15, 0.2) is 11.5 Å². The summed E-state index contributed by atoms with van der Waals surface area (Å²) in [5, 5.41) is 41.5. The molecule has 0 bridgehead atoms. The number of rotatable bonds is 6. The highest BCUT2D eigenvalue weighted by Gasteiger charge is 2.48. The number of allylic oxidation sites excluding steroid dienone is 1. The minimum atomic E-state index is -1.70. The minimum absolute atomic E-state index is 0.0452. The van der Waals surface area contributed by atoms with Crippen molar-refractivity contribution < 1.29 is 43.9 Å². The molecule has 0 amide bonds. The normalized spacial score (nSPS) is 25.5. The average molecular weight is 462 g/mol. The van der Waals surface area contributed by atoms with Crippen molar-refractivity contribution in [2.24, 2.45) is 0 Å². The highest BCUT2D eigenvalue weighted by molar-refractivity contribution is 5.87. The Morgan fingerprint density at radius 2 is 1.91 bits per heavy atom. The van der Waals surface area contributed by atoms with Gasteiger partial charge in [-0.15, -0.1) is 0 Å². The fourth-order valence-electron chi connectivity index (χ4n) is 3.95. The van der Waals surface area contributed by atoms with Crippen LogP contribution < -0.4 is 5.43 Å². The molecule has 0 spiro atoms. The summed E-state index contributed by atoms with van der Waals surface area (Å²) in [7, 11) is 0. The van der Waals surface area contributed by atoms with Crippen molar-refractivity contribution in [2.45, 2.75) is 57.7 Å². The van der Waals surface area contributed by atoms with Gasteiger partial charge in [-0.25, -0.2) is 4.79 Å². The molecule has 1 aliphatic heterocycles. The maximum Gasteiger partial charge on any atom is 0.330 e. The van der Waals surface area contributed by atoms with Gasteiger partial charge in [0, 0.05) is 12.1 Å². The molecule has 1 saturated heterocycles. The molecule has 1 aromatic carbocycles. The molecular weight excluding hydrogens is 436 g/mol. The second-order valence-electron chi connectivity index (χ2n) is 7.95. The van der Waals surface area contributed by atoms with Crippen LogP contribution in [0, 0.1) is 6.92 Å². The Morgan fingerprint density at radius 3 is 2.52 bits per heavy atom. The van der Waals surface area contributed by atoms with Gasteiger partial charge in [0.1, 0.15) is 47.3 Å². The molecule has 1 aromatic heterocycles. The van der Waals surface area contributed by atoms with Crippen LogP contribution in [0.15, 0.2) is 33.5 Å². The number of ketones is 1. The summed E-state index contributed by atoms with van der Waals surface area (Å²) in [6.45, 7) is 3.79. The fourth-order valence-corrected chi connectivity index (χ4v) is 3.95. The van der Waals surface area contributed by atoms with Gasteiger partial charge >= 0.3 is 5.97 Å². The molecule has 0 radical (unpaired) electrons. The van der Waals surface area contributed by atoms with Gasteiger partial charge in [-0.2, -0.15) is 0 Å². The number of benzene rings is 1. The lowest BCUT2D eigenvalue weighted by atomic mass is 9.89. The summed E-state index contributed by atoms with van der Waals surface area (Å²) in [6, 6.07) is 2.47. The molecule has 3 rings (SSSR count). The molecule has 1 fully saturated rings. The zero-order valence-corrected chi connectivity index (χ0v) is 18.3. The SMILES string of the molecule is C/C=C\C(=O)O[C@@H]1[C@@H](O)[C@H](O)[C@@H](CO)O[C@H]1c1c(O)cc(C)c2c(=O)cc(CC(C)=O)oc12. The molecule has 1 aliphatic rings. The first-order valence-corrected chi connectivity index (χ1v) is 10.3. The second kappa shape index (κ2) is 9.84. The number of carbonyl (C=O) groups excluding carboxylic acids is 2. The molecule has 2 aromatic rings. The van der Waals surface area contributed by atoms with Crippen molar-refractivity contribution in [1.29, 1.82) is 0 Å². The third-order valence-electron chi connectivity index (χ3n) is 5.40. The van der Waals surface area contributed by atoms with E-state index in [9.17, 15) is 34.8 Å². The van der Waals surface area contributed by atoms with E-state index in [1.54, 1.807) is 13.8 Å². The third-order valence-corrected chi connectivity index (χ3v) is 5.40. The Hall–Kier alpha value is -3.05. The quantitative estimate of drug-likeness (QED) is 0.353. The summed E-state index contributed by atoms with van der Waals surface area (Å²) in [5.74, 6) is -1.45. The molecule has 0 unspecified atom stereocenters. The van der Waals surface area contributed by atoms with Gasteiger partial charge in [0.25, 0.3) is 0 Å². The van der Waals surface area contributed by atoms with E-state index in [-0.39, 0.29) is 40.2 Å². The first-order chi connectivity index (χ1) is 15.6. The van der Waals surface area contributed by atoms with Crippen LogP contribution in [0.3, 0.4) is 0 Å². The smallest absolute Gasteiger partial charge is 0.330 e. The zero-order chi connectivity index (χ0) is 24.4. The minimum Gasteiger partial charge on any atom is -0.507 e. The molecule has 178 valence electrons. The topological polar surface area (TPSA) is 164 Å². The van der Waals surface area contributed by atoms with Crippen molar-refractivity contribution in [1.82, 2.24) is 0 Å². The van der Waals surface area contributed by atoms with E-state index in [0.717, 1.165) is 6.08 Å². The third kappa shape index (κ3) is 4.83. The fraction of sp³-hybridized carbons (Fsp3) is 0.435. The summed E-state index contributed by atoms with van der Waals surface area (Å²) in [4.78, 5) is 36.5. The van der Waals surface area contributed by atoms with E-state index in [1.165, 1.54) is 25.1 Å². The van der Waals surface area contributed by atoms with Crippen molar-refractivity contribution in [2.75, 3.05) is 6.61 Å². The Balaban J connectivity index is 2.27. The van der Waals surface area contributed by atoms with Crippen LogP contribution in [0.2, 0.25) is 0 Å². The molecular formula is C23H26O10. The number of Topliss-reactive ketones (excluding diaryl/α,β-unsaturated/α-hetero) is 1. The largest absolute Gasteiger partial charge is 0.507 e. The van der Waals surface area contributed by atoms with Crippen LogP contribution in [0.25, 0.3) is 11.0 Å². The van der Waals surface area contributed by atoms with Gasteiger partial charge in [-0.3, -0.25) is 9.59 Å². The highest BCUT2D eigenvalue weighted by atomic mass is 16.6. The zero-order valence-electron chi connectivity index (χ0n) is 18.3. The first-order valence-electron chi connectivity index (χ1n) is 10.3. The summed E-state index contributed by atoms with van der Waals surface area (Å²) >= 11 is 0. The maximum absolute atomic E-state index is 12.8. The Labute approximate surface area is 188 Å². The second-order valence-corrected chi connectivity index (χ2v) is 7.95. The number of ether oxygens (including phenoxy) is 2. The number of esters is 1. The van der Waals surface area contributed by atoms with Crippen LogP contribution >= 0.6 is 0 Å². The predicted molar refractivity (Wildman–Crippen MR) is 115 cm³/mol. The lowest BCUT2D eigenvalue weighted by molar-refractivity contribution is -0.239. The van der Waals surface area contributed by atoms with E-state index in [2.05, 4.69) is 0 Å². The van der Waals surface area contributed by atoms with E-state index >= 15 is 0 Å². The van der Waals surface area contributed by atoms with Crippen LogP contribution in [0.4, 0.5) is 0 Å². The number of hydrogen-bond donors (Lipinski definition) is 4. The molecule has 0 aliphatic carbocycles. The van der Waals surface area contributed by atoms with Crippen molar-refractivity contribution in [3.8, 4) is 5.75 Å². The molecule has 10 heteroatoms. The van der Waals surface area contributed by atoms with Crippen LogP contribution in [0.5, 0.6) is 5.75 Å². The number of phenolic OH excluding ortho intramolecular Hbond substituents is 1. The summed E-state index contributed by atoms with van der Waals surface area (Å²) < 4.78 is 16.9. The van der Waals surface area contributed by atoms with Crippen molar-refractivity contribution in [3.63, 3.8) is 0 Å². The number of aryl methyl sites for hydroxylation is 1. The van der Waals surface area contributed by atoms with Crippen molar-refractivity contribution >= 4 is 22.7 Å². The highest BCUT2D eigenvalue weighted by Crippen LogP contribution is 2.42. The van der Waals surface area contributed by atoms with Gasteiger partial charge < -0.3 is 34.3 Å². The summed E-state index contributed by atoms with van der Waals surface area (Å²) in [5.41, 5.74) is -0.329. The molecule has 5 atom stereocenters. The van der Waals surface area contributed by atoms with Crippen LogP contribution in [-0.2, 0) is 25.5 Å². The monoisotopic (exact) mass is 462 g/mol. The van der Waals surface area contributed by atoms with Crippen LogP contribution in [-0.4, -0.2) is 63.2 Å². The molecule has 33 heavy (non-hydrogen) atoms. The number of phenols is 1.